The van der Waals surface area contributed by atoms with Crippen molar-refractivity contribution in [3.8, 4) is 0 Å². The topological polar surface area (TPSA) is 38.0 Å². The van der Waals surface area contributed by atoms with Crippen LogP contribution in [0, 0.1) is 0 Å². The number of alkyl halides is 1. The molecule has 0 spiro atoms. The van der Waals surface area contributed by atoms with E-state index in [2.05, 4.69) is 5.10 Å². The monoisotopic (exact) mass is 158 g/mol. The fourth-order valence-electron chi connectivity index (χ4n) is 0.791. The van der Waals surface area contributed by atoms with Crippen molar-refractivity contribution in [2.24, 2.45) is 0 Å². The van der Waals surface area contributed by atoms with Gasteiger partial charge in [-0.1, -0.05) is 0 Å². The standard InChI is InChI=1S/C7H11FN2O/c8-6-7(11)2-5-10-4-1-3-9-10/h1,3-4,7,11H,2,5-6H2/t7-/m0/s1. The van der Waals surface area contributed by atoms with Gasteiger partial charge >= 0.3 is 0 Å². The lowest BCUT2D eigenvalue weighted by atomic mass is 10.3. The van der Waals surface area contributed by atoms with E-state index >= 15 is 0 Å². The Hall–Kier alpha value is -0.900. The molecule has 0 fully saturated rings. The number of aliphatic hydroxyl groups is 1. The summed E-state index contributed by atoms with van der Waals surface area (Å²) in [7, 11) is 0. The molecule has 1 aromatic rings. The van der Waals surface area contributed by atoms with Gasteiger partial charge < -0.3 is 5.11 Å². The third-order valence-corrected chi connectivity index (χ3v) is 1.43. The Labute approximate surface area is 64.5 Å². The minimum atomic E-state index is -0.848. The molecular formula is C7H11FN2O. The highest BCUT2D eigenvalue weighted by Gasteiger charge is 2.02. The Bertz CT molecular complexity index is 188. The number of aromatic nitrogens is 2. The van der Waals surface area contributed by atoms with Crippen LogP contribution in [0.4, 0.5) is 4.39 Å². The maximum atomic E-state index is 11.7. The van der Waals surface area contributed by atoms with Gasteiger partial charge in [0.1, 0.15) is 6.67 Å². The number of nitrogens with zero attached hydrogens (tertiary/aromatic N) is 2. The summed E-state index contributed by atoms with van der Waals surface area (Å²) < 4.78 is 13.4. The molecule has 11 heavy (non-hydrogen) atoms. The van der Waals surface area contributed by atoms with Gasteiger partial charge in [-0.2, -0.15) is 5.10 Å². The average Bonchev–Trinajstić information content (AvgIpc) is 2.52. The molecule has 1 atom stereocenters. The first-order chi connectivity index (χ1) is 5.33. The van der Waals surface area contributed by atoms with Crippen molar-refractivity contribution in [1.82, 2.24) is 9.78 Å². The lowest BCUT2D eigenvalue weighted by molar-refractivity contribution is 0.125. The molecule has 0 amide bonds. The minimum Gasteiger partial charge on any atom is -0.390 e. The van der Waals surface area contributed by atoms with Crippen molar-refractivity contribution in [2.75, 3.05) is 6.67 Å². The van der Waals surface area contributed by atoms with Gasteiger partial charge in [0.15, 0.2) is 0 Å². The fraction of sp³-hybridized carbons (Fsp3) is 0.571. The van der Waals surface area contributed by atoms with E-state index in [0.29, 0.717) is 13.0 Å². The summed E-state index contributed by atoms with van der Waals surface area (Å²) in [6.45, 7) is -0.112. The van der Waals surface area contributed by atoms with Crippen LogP contribution < -0.4 is 0 Å². The molecule has 0 aliphatic rings. The van der Waals surface area contributed by atoms with E-state index in [0.717, 1.165) is 0 Å². The highest BCUT2D eigenvalue weighted by Crippen LogP contribution is 1.95. The highest BCUT2D eigenvalue weighted by molar-refractivity contribution is 4.77. The van der Waals surface area contributed by atoms with Gasteiger partial charge in [0, 0.05) is 18.9 Å². The number of rotatable bonds is 4. The predicted octanol–water partition coefficient (Wildman–Crippen LogP) is 0.604. The Balaban J connectivity index is 2.23. The molecule has 3 nitrogen and oxygen atoms in total. The van der Waals surface area contributed by atoms with E-state index < -0.39 is 12.8 Å². The first-order valence-electron chi connectivity index (χ1n) is 3.54. The van der Waals surface area contributed by atoms with Crippen molar-refractivity contribution in [2.45, 2.75) is 19.1 Å². The minimum absolute atomic E-state index is 0.415. The molecule has 1 heterocycles. The van der Waals surface area contributed by atoms with Gasteiger partial charge in [0.25, 0.3) is 0 Å². The van der Waals surface area contributed by atoms with Crippen LogP contribution in [0.25, 0.3) is 0 Å². The lowest BCUT2D eigenvalue weighted by Gasteiger charge is -2.04. The molecule has 0 aliphatic heterocycles. The number of hydrogen-bond acceptors (Lipinski definition) is 2. The average molecular weight is 158 g/mol. The maximum absolute atomic E-state index is 11.7. The molecular weight excluding hydrogens is 147 g/mol. The number of hydrogen-bond donors (Lipinski definition) is 1. The van der Waals surface area contributed by atoms with E-state index in [9.17, 15) is 4.39 Å². The highest BCUT2D eigenvalue weighted by atomic mass is 19.1. The van der Waals surface area contributed by atoms with Gasteiger partial charge in [-0.05, 0) is 12.5 Å². The molecule has 0 saturated heterocycles. The second-order valence-corrected chi connectivity index (χ2v) is 2.37. The molecule has 1 N–H and O–H groups in total. The van der Waals surface area contributed by atoms with Crippen LogP contribution in [-0.4, -0.2) is 27.7 Å². The number of aliphatic hydroxyl groups excluding tert-OH is 1. The molecule has 0 aromatic carbocycles. The Morgan fingerprint density at radius 2 is 2.45 bits per heavy atom. The third kappa shape index (κ3) is 2.67. The third-order valence-electron chi connectivity index (χ3n) is 1.43. The predicted molar refractivity (Wildman–Crippen MR) is 38.8 cm³/mol. The van der Waals surface area contributed by atoms with Gasteiger partial charge in [-0.15, -0.1) is 0 Å². The van der Waals surface area contributed by atoms with Gasteiger partial charge in [-0.25, -0.2) is 4.39 Å². The fourth-order valence-corrected chi connectivity index (χ4v) is 0.791. The van der Waals surface area contributed by atoms with Crippen LogP contribution in [0.5, 0.6) is 0 Å². The second kappa shape index (κ2) is 4.08. The van der Waals surface area contributed by atoms with Gasteiger partial charge in [-0.3, -0.25) is 4.68 Å². The summed E-state index contributed by atoms with van der Waals surface area (Å²) in [5.74, 6) is 0. The Morgan fingerprint density at radius 3 is 3.00 bits per heavy atom. The van der Waals surface area contributed by atoms with Crippen LogP contribution >= 0.6 is 0 Å². The summed E-state index contributed by atoms with van der Waals surface area (Å²) in [4.78, 5) is 0. The zero-order valence-electron chi connectivity index (χ0n) is 6.15. The quantitative estimate of drug-likeness (QED) is 0.697. The normalized spacial score (nSPS) is 13.3. The zero-order valence-corrected chi connectivity index (χ0v) is 6.15. The second-order valence-electron chi connectivity index (χ2n) is 2.37. The molecule has 0 aliphatic carbocycles. The molecule has 0 unspecified atom stereocenters. The summed E-state index contributed by atoms with van der Waals surface area (Å²) in [5.41, 5.74) is 0. The van der Waals surface area contributed by atoms with Crippen LogP contribution in [0.15, 0.2) is 18.5 Å². The summed E-state index contributed by atoms with van der Waals surface area (Å²) >= 11 is 0. The van der Waals surface area contributed by atoms with Crippen LogP contribution in [0.3, 0.4) is 0 Å². The van der Waals surface area contributed by atoms with E-state index in [-0.39, 0.29) is 0 Å². The number of halogens is 1. The van der Waals surface area contributed by atoms with Gasteiger partial charge in [0.05, 0.1) is 6.10 Å². The summed E-state index contributed by atoms with van der Waals surface area (Å²) in [6, 6.07) is 1.79. The van der Waals surface area contributed by atoms with Crippen molar-refractivity contribution in [3.63, 3.8) is 0 Å². The molecule has 1 aromatic heterocycles. The molecule has 0 radical (unpaired) electrons. The first kappa shape index (κ1) is 8.20. The van der Waals surface area contributed by atoms with E-state index in [1.54, 1.807) is 23.1 Å². The summed E-state index contributed by atoms with van der Waals surface area (Å²) in [6.07, 6.45) is 3.00. The van der Waals surface area contributed by atoms with Crippen molar-refractivity contribution < 1.29 is 9.50 Å². The molecule has 0 bridgehead atoms. The lowest BCUT2D eigenvalue weighted by Crippen LogP contribution is -2.12. The Kier molecular flexibility index (Phi) is 3.04. The number of aryl methyl sites for hydroxylation is 1. The molecule has 62 valence electrons. The van der Waals surface area contributed by atoms with Crippen LogP contribution in [0.1, 0.15) is 6.42 Å². The van der Waals surface area contributed by atoms with Crippen molar-refractivity contribution >= 4 is 0 Å². The van der Waals surface area contributed by atoms with Gasteiger partial charge in [0.2, 0.25) is 0 Å². The van der Waals surface area contributed by atoms with E-state index in [1.165, 1.54) is 0 Å². The van der Waals surface area contributed by atoms with E-state index in [4.69, 9.17) is 5.11 Å². The molecule has 1 rings (SSSR count). The van der Waals surface area contributed by atoms with Crippen molar-refractivity contribution in [3.05, 3.63) is 18.5 Å². The van der Waals surface area contributed by atoms with E-state index in [1.807, 2.05) is 0 Å². The molecule has 4 heteroatoms. The van der Waals surface area contributed by atoms with Crippen LogP contribution in [-0.2, 0) is 6.54 Å². The first-order valence-corrected chi connectivity index (χ1v) is 3.54. The Morgan fingerprint density at radius 1 is 1.64 bits per heavy atom. The maximum Gasteiger partial charge on any atom is 0.115 e. The SMILES string of the molecule is O[C@H](CF)CCn1cccn1. The zero-order chi connectivity index (χ0) is 8.10. The van der Waals surface area contributed by atoms with Crippen LogP contribution in [0.2, 0.25) is 0 Å². The largest absolute Gasteiger partial charge is 0.390 e. The molecule has 0 saturated carbocycles. The smallest absolute Gasteiger partial charge is 0.115 e. The van der Waals surface area contributed by atoms with Crippen molar-refractivity contribution in [1.29, 1.82) is 0 Å². The summed E-state index contributed by atoms with van der Waals surface area (Å²) in [5, 5.41) is 12.7.